The average Bonchev–Trinajstić information content (AvgIpc) is 2.95. The van der Waals surface area contributed by atoms with Crippen molar-refractivity contribution in [3.05, 3.63) is 76.9 Å². The molecule has 4 nitrogen and oxygen atoms in total. The zero-order chi connectivity index (χ0) is 14.5. The molecule has 0 aliphatic carbocycles. The third-order valence-electron chi connectivity index (χ3n) is 2.90. The van der Waals surface area contributed by atoms with Crippen LogP contribution in [0.25, 0.3) is 0 Å². The number of hydrogen-bond donors (Lipinski definition) is 0. The standard InChI is InChI=1S/C16H13ClN2O2/c17-13-8-4-5-9-14(13)20-11-15-18-16(21-19-15)10-12-6-2-1-3-7-12/h1-9H,10-11H2. The smallest absolute Gasteiger partial charge is 0.231 e. The molecule has 0 atom stereocenters. The third kappa shape index (κ3) is 3.61. The van der Waals surface area contributed by atoms with Crippen LogP contribution in [0, 0.1) is 0 Å². The summed E-state index contributed by atoms with van der Waals surface area (Å²) in [7, 11) is 0. The fourth-order valence-electron chi connectivity index (χ4n) is 1.90. The van der Waals surface area contributed by atoms with Gasteiger partial charge in [-0.1, -0.05) is 59.2 Å². The Bertz CT molecular complexity index is 713. The molecule has 3 aromatic rings. The van der Waals surface area contributed by atoms with Crippen molar-refractivity contribution in [1.82, 2.24) is 10.1 Å². The minimum absolute atomic E-state index is 0.224. The molecule has 0 saturated carbocycles. The maximum Gasteiger partial charge on any atom is 0.231 e. The molecule has 0 aliphatic heterocycles. The molecular formula is C16H13ClN2O2. The van der Waals surface area contributed by atoms with Crippen LogP contribution in [0.1, 0.15) is 17.3 Å². The van der Waals surface area contributed by atoms with Crippen molar-refractivity contribution in [3.8, 4) is 5.75 Å². The Kier molecular flexibility index (Phi) is 4.17. The lowest BCUT2D eigenvalue weighted by Crippen LogP contribution is -1.98. The van der Waals surface area contributed by atoms with E-state index in [9.17, 15) is 0 Å². The zero-order valence-corrected chi connectivity index (χ0v) is 12.0. The van der Waals surface area contributed by atoms with Crippen molar-refractivity contribution in [3.63, 3.8) is 0 Å². The maximum absolute atomic E-state index is 6.01. The van der Waals surface area contributed by atoms with Gasteiger partial charge in [0.15, 0.2) is 6.61 Å². The highest BCUT2D eigenvalue weighted by molar-refractivity contribution is 6.32. The van der Waals surface area contributed by atoms with Gasteiger partial charge in [0.25, 0.3) is 0 Å². The summed E-state index contributed by atoms with van der Waals surface area (Å²) in [6.45, 7) is 0.224. The van der Waals surface area contributed by atoms with E-state index in [4.69, 9.17) is 20.9 Å². The van der Waals surface area contributed by atoms with Gasteiger partial charge in [0.2, 0.25) is 11.7 Å². The molecule has 3 rings (SSSR count). The van der Waals surface area contributed by atoms with Crippen LogP contribution in [0.2, 0.25) is 5.02 Å². The highest BCUT2D eigenvalue weighted by Gasteiger charge is 2.08. The molecule has 0 N–H and O–H groups in total. The largest absolute Gasteiger partial charge is 0.484 e. The lowest BCUT2D eigenvalue weighted by Gasteiger charge is -2.04. The molecule has 106 valence electrons. The van der Waals surface area contributed by atoms with Crippen molar-refractivity contribution in [2.45, 2.75) is 13.0 Å². The molecule has 0 unspecified atom stereocenters. The minimum atomic E-state index is 0.224. The van der Waals surface area contributed by atoms with Crippen molar-refractivity contribution in [1.29, 1.82) is 0 Å². The summed E-state index contributed by atoms with van der Waals surface area (Å²) in [4.78, 5) is 4.30. The molecule has 1 heterocycles. The lowest BCUT2D eigenvalue weighted by atomic mass is 10.1. The number of hydrogen-bond acceptors (Lipinski definition) is 4. The van der Waals surface area contributed by atoms with E-state index in [1.165, 1.54) is 0 Å². The van der Waals surface area contributed by atoms with Gasteiger partial charge < -0.3 is 9.26 Å². The molecule has 5 heteroatoms. The van der Waals surface area contributed by atoms with E-state index < -0.39 is 0 Å². The van der Waals surface area contributed by atoms with Gasteiger partial charge in [-0.2, -0.15) is 4.98 Å². The SMILES string of the molecule is Clc1ccccc1OCc1noc(Cc2ccccc2)n1. The number of aromatic nitrogens is 2. The highest BCUT2D eigenvalue weighted by Crippen LogP contribution is 2.23. The van der Waals surface area contributed by atoms with Crippen LogP contribution in [0.4, 0.5) is 0 Å². The predicted molar refractivity (Wildman–Crippen MR) is 79.3 cm³/mol. The lowest BCUT2D eigenvalue weighted by molar-refractivity contribution is 0.285. The summed E-state index contributed by atoms with van der Waals surface area (Å²) in [5.41, 5.74) is 1.12. The molecule has 0 fully saturated rings. The Balaban J connectivity index is 1.62. The van der Waals surface area contributed by atoms with Gasteiger partial charge in [0.05, 0.1) is 11.4 Å². The van der Waals surface area contributed by atoms with Gasteiger partial charge in [-0.15, -0.1) is 0 Å². The number of nitrogens with zero attached hydrogens (tertiary/aromatic N) is 2. The Morgan fingerprint density at radius 3 is 2.57 bits per heavy atom. The zero-order valence-electron chi connectivity index (χ0n) is 11.2. The van der Waals surface area contributed by atoms with Crippen LogP contribution < -0.4 is 4.74 Å². The quantitative estimate of drug-likeness (QED) is 0.717. The first-order valence-corrected chi connectivity index (χ1v) is 6.92. The van der Waals surface area contributed by atoms with Crippen molar-refractivity contribution < 1.29 is 9.26 Å². The Morgan fingerprint density at radius 1 is 1.00 bits per heavy atom. The number of halogens is 1. The Labute approximate surface area is 127 Å². The van der Waals surface area contributed by atoms with Crippen LogP contribution in [-0.2, 0) is 13.0 Å². The molecule has 0 spiro atoms. The van der Waals surface area contributed by atoms with Crippen LogP contribution in [-0.4, -0.2) is 10.1 Å². The topological polar surface area (TPSA) is 48.2 Å². The van der Waals surface area contributed by atoms with Gasteiger partial charge in [-0.3, -0.25) is 0 Å². The number of ether oxygens (including phenoxy) is 1. The summed E-state index contributed by atoms with van der Waals surface area (Å²) < 4.78 is 10.8. The molecular weight excluding hydrogens is 288 g/mol. The molecule has 0 saturated heterocycles. The van der Waals surface area contributed by atoms with Gasteiger partial charge in [-0.05, 0) is 17.7 Å². The highest BCUT2D eigenvalue weighted by atomic mass is 35.5. The molecule has 1 aromatic heterocycles. The summed E-state index contributed by atoms with van der Waals surface area (Å²) in [5.74, 6) is 1.67. The second-order valence-electron chi connectivity index (χ2n) is 4.49. The van der Waals surface area contributed by atoms with Crippen LogP contribution >= 0.6 is 11.6 Å². The summed E-state index contributed by atoms with van der Waals surface area (Å²) >= 11 is 6.01. The first kappa shape index (κ1) is 13.6. The maximum atomic E-state index is 6.01. The number of rotatable bonds is 5. The molecule has 0 radical (unpaired) electrons. The van der Waals surface area contributed by atoms with Crippen LogP contribution in [0.15, 0.2) is 59.1 Å². The summed E-state index contributed by atoms with van der Waals surface area (Å²) in [5, 5.41) is 4.46. The third-order valence-corrected chi connectivity index (χ3v) is 3.21. The normalized spacial score (nSPS) is 10.5. The van der Waals surface area contributed by atoms with E-state index >= 15 is 0 Å². The minimum Gasteiger partial charge on any atom is -0.484 e. The second-order valence-corrected chi connectivity index (χ2v) is 4.89. The molecule has 2 aromatic carbocycles. The fourth-order valence-corrected chi connectivity index (χ4v) is 2.09. The van der Waals surface area contributed by atoms with Crippen LogP contribution in [0.5, 0.6) is 5.75 Å². The van der Waals surface area contributed by atoms with Crippen LogP contribution in [0.3, 0.4) is 0 Å². The van der Waals surface area contributed by atoms with E-state index in [0.717, 1.165) is 5.56 Å². The fraction of sp³-hybridized carbons (Fsp3) is 0.125. The molecule has 0 amide bonds. The molecule has 21 heavy (non-hydrogen) atoms. The summed E-state index contributed by atoms with van der Waals surface area (Å²) in [6, 6.07) is 17.2. The Hall–Kier alpha value is -2.33. The second kappa shape index (κ2) is 6.41. The van der Waals surface area contributed by atoms with Crippen molar-refractivity contribution in [2.75, 3.05) is 0 Å². The van der Waals surface area contributed by atoms with Crippen molar-refractivity contribution >= 4 is 11.6 Å². The van der Waals surface area contributed by atoms with Gasteiger partial charge in [0, 0.05) is 0 Å². The van der Waals surface area contributed by atoms with Gasteiger partial charge in [-0.25, -0.2) is 0 Å². The predicted octanol–water partition coefficient (Wildman–Crippen LogP) is 3.89. The first-order valence-electron chi connectivity index (χ1n) is 6.54. The molecule has 0 aliphatic rings. The van der Waals surface area contributed by atoms with Gasteiger partial charge in [0.1, 0.15) is 5.75 Å². The number of para-hydroxylation sites is 1. The first-order chi connectivity index (χ1) is 10.3. The summed E-state index contributed by atoms with van der Waals surface area (Å²) in [6.07, 6.45) is 0.611. The van der Waals surface area contributed by atoms with E-state index in [1.807, 2.05) is 42.5 Å². The average molecular weight is 301 g/mol. The monoisotopic (exact) mass is 300 g/mol. The Morgan fingerprint density at radius 2 is 1.76 bits per heavy atom. The van der Waals surface area contributed by atoms with Crippen molar-refractivity contribution in [2.24, 2.45) is 0 Å². The number of benzene rings is 2. The van der Waals surface area contributed by atoms with E-state index in [0.29, 0.717) is 28.9 Å². The molecule has 0 bridgehead atoms. The van der Waals surface area contributed by atoms with E-state index in [2.05, 4.69) is 10.1 Å². The van der Waals surface area contributed by atoms with E-state index in [1.54, 1.807) is 12.1 Å². The van der Waals surface area contributed by atoms with Gasteiger partial charge >= 0.3 is 0 Å². The van der Waals surface area contributed by atoms with E-state index in [-0.39, 0.29) is 6.61 Å².